The molecular formula is C21H33N3O4S. The van der Waals surface area contributed by atoms with E-state index in [9.17, 15) is 13.2 Å². The van der Waals surface area contributed by atoms with Gasteiger partial charge < -0.3 is 10.1 Å². The fourth-order valence-corrected chi connectivity index (χ4v) is 5.45. The molecule has 0 saturated carbocycles. The summed E-state index contributed by atoms with van der Waals surface area (Å²) in [5.41, 5.74) is 0. The lowest BCUT2D eigenvalue weighted by Gasteiger charge is -2.31. The van der Waals surface area contributed by atoms with Gasteiger partial charge in [0.05, 0.1) is 18.1 Å². The number of nitrogens with zero attached hydrogens (tertiary/aromatic N) is 2. The lowest BCUT2D eigenvalue weighted by Crippen LogP contribution is -2.39. The predicted octanol–water partition coefficient (Wildman–Crippen LogP) is 1.71. The van der Waals surface area contributed by atoms with Gasteiger partial charge in [-0.1, -0.05) is 18.2 Å². The fraction of sp³-hybridized carbons (Fsp3) is 0.667. The standard InChI is InChI=1S/C21H33N3O4S/c25-21(22-11-4-12-23-15-17-28-18-16-23)8-7-19-9-13-24(14-10-19)29(26,27)20-5-2-1-3-6-20/h1-3,5-6,19H,4,7-18H2,(H,22,25). The molecular weight excluding hydrogens is 390 g/mol. The van der Waals surface area contributed by atoms with Crippen LogP contribution in [0.5, 0.6) is 0 Å². The Morgan fingerprint density at radius 2 is 1.76 bits per heavy atom. The van der Waals surface area contributed by atoms with E-state index < -0.39 is 10.0 Å². The van der Waals surface area contributed by atoms with Gasteiger partial charge in [-0.2, -0.15) is 4.31 Å². The highest BCUT2D eigenvalue weighted by atomic mass is 32.2. The van der Waals surface area contributed by atoms with E-state index in [1.54, 1.807) is 28.6 Å². The number of amides is 1. The molecule has 0 atom stereocenters. The molecule has 2 heterocycles. The second-order valence-corrected chi connectivity index (χ2v) is 9.79. The van der Waals surface area contributed by atoms with Gasteiger partial charge in [-0.25, -0.2) is 8.42 Å². The number of sulfonamides is 1. The highest BCUT2D eigenvalue weighted by Gasteiger charge is 2.29. The molecule has 2 fully saturated rings. The number of ether oxygens (including phenoxy) is 1. The van der Waals surface area contributed by atoms with Crippen molar-refractivity contribution in [3.63, 3.8) is 0 Å². The molecule has 0 aliphatic carbocycles. The first-order valence-corrected chi connectivity index (χ1v) is 12.1. The summed E-state index contributed by atoms with van der Waals surface area (Å²) >= 11 is 0. The molecule has 1 amide bonds. The maximum Gasteiger partial charge on any atom is 0.243 e. The summed E-state index contributed by atoms with van der Waals surface area (Å²) in [5, 5.41) is 3.01. The summed E-state index contributed by atoms with van der Waals surface area (Å²) in [7, 11) is -3.40. The van der Waals surface area contributed by atoms with Crippen LogP contribution in [0.1, 0.15) is 32.1 Å². The Morgan fingerprint density at radius 3 is 2.45 bits per heavy atom. The average molecular weight is 424 g/mol. The molecule has 8 heteroatoms. The zero-order valence-electron chi connectivity index (χ0n) is 17.1. The van der Waals surface area contributed by atoms with E-state index in [1.165, 1.54) is 0 Å². The van der Waals surface area contributed by atoms with Gasteiger partial charge in [-0.3, -0.25) is 9.69 Å². The van der Waals surface area contributed by atoms with Crippen LogP contribution < -0.4 is 5.32 Å². The number of piperidine rings is 1. The Kier molecular flexibility index (Phi) is 8.47. The number of benzene rings is 1. The minimum atomic E-state index is -3.40. The van der Waals surface area contributed by atoms with Gasteiger partial charge in [0, 0.05) is 39.1 Å². The van der Waals surface area contributed by atoms with Crippen molar-refractivity contribution in [3.8, 4) is 0 Å². The summed E-state index contributed by atoms with van der Waals surface area (Å²) in [5.74, 6) is 0.516. The summed E-state index contributed by atoms with van der Waals surface area (Å²) < 4.78 is 32.3. The summed E-state index contributed by atoms with van der Waals surface area (Å²) in [6.07, 6.45) is 3.94. The summed E-state index contributed by atoms with van der Waals surface area (Å²) in [4.78, 5) is 14.8. The van der Waals surface area contributed by atoms with E-state index in [1.807, 2.05) is 6.07 Å². The van der Waals surface area contributed by atoms with Crippen LogP contribution in [0.25, 0.3) is 0 Å². The van der Waals surface area contributed by atoms with Crippen molar-refractivity contribution in [2.45, 2.75) is 37.0 Å². The molecule has 2 aliphatic rings. The topological polar surface area (TPSA) is 79.0 Å². The second kappa shape index (κ2) is 11.1. The van der Waals surface area contributed by atoms with Crippen LogP contribution in [0.15, 0.2) is 35.2 Å². The van der Waals surface area contributed by atoms with Crippen molar-refractivity contribution in [2.75, 3.05) is 52.5 Å². The van der Waals surface area contributed by atoms with Gasteiger partial charge >= 0.3 is 0 Å². The molecule has 0 bridgehead atoms. The highest BCUT2D eigenvalue weighted by Crippen LogP contribution is 2.26. The summed E-state index contributed by atoms with van der Waals surface area (Å²) in [6, 6.07) is 8.60. The third-order valence-corrected chi connectivity index (χ3v) is 7.72. The zero-order chi connectivity index (χ0) is 20.5. The zero-order valence-corrected chi connectivity index (χ0v) is 17.9. The van der Waals surface area contributed by atoms with Crippen LogP contribution in [0.2, 0.25) is 0 Å². The van der Waals surface area contributed by atoms with Crippen LogP contribution in [-0.2, 0) is 19.6 Å². The second-order valence-electron chi connectivity index (χ2n) is 7.86. The minimum Gasteiger partial charge on any atom is -0.379 e. The van der Waals surface area contributed by atoms with Gasteiger partial charge in [0.2, 0.25) is 15.9 Å². The van der Waals surface area contributed by atoms with Gasteiger partial charge in [-0.05, 0) is 50.3 Å². The van der Waals surface area contributed by atoms with Gasteiger partial charge in [0.25, 0.3) is 0 Å². The predicted molar refractivity (Wildman–Crippen MR) is 112 cm³/mol. The SMILES string of the molecule is O=C(CCC1CCN(S(=O)(=O)c2ccccc2)CC1)NCCCN1CCOCC1. The van der Waals surface area contributed by atoms with Gasteiger partial charge in [-0.15, -0.1) is 0 Å². The van der Waals surface area contributed by atoms with Gasteiger partial charge in [0.1, 0.15) is 0 Å². The van der Waals surface area contributed by atoms with Gasteiger partial charge in [0.15, 0.2) is 0 Å². The fourth-order valence-electron chi connectivity index (χ4n) is 3.96. The first-order chi connectivity index (χ1) is 14.1. The molecule has 1 N–H and O–H groups in total. The average Bonchev–Trinajstić information content (AvgIpc) is 2.77. The number of hydrogen-bond acceptors (Lipinski definition) is 5. The monoisotopic (exact) mass is 423 g/mol. The van der Waals surface area contributed by atoms with Crippen molar-refractivity contribution in [3.05, 3.63) is 30.3 Å². The van der Waals surface area contributed by atoms with Crippen LogP contribution in [0.4, 0.5) is 0 Å². The molecule has 1 aromatic rings. The number of hydrogen-bond donors (Lipinski definition) is 1. The van der Waals surface area contributed by atoms with Crippen molar-refractivity contribution in [1.29, 1.82) is 0 Å². The maximum atomic E-state index is 12.7. The van der Waals surface area contributed by atoms with Crippen molar-refractivity contribution >= 4 is 15.9 Å². The maximum absolute atomic E-state index is 12.7. The molecule has 2 saturated heterocycles. The highest BCUT2D eigenvalue weighted by molar-refractivity contribution is 7.89. The number of morpholine rings is 1. The van der Waals surface area contributed by atoms with E-state index in [4.69, 9.17) is 4.74 Å². The number of carbonyl (C=O) groups is 1. The van der Waals surface area contributed by atoms with Crippen molar-refractivity contribution in [1.82, 2.24) is 14.5 Å². The number of nitrogens with one attached hydrogen (secondary N) is 1. The first kappa shape index (κ1) is 22.2. The van der Waals surface area contributed by atoms with E-state index in [0.29, 0.717) is 36.9 Å². The minimum absolute atomic E-state index is 0.103. The Hall–Kier alpha value is -1.48. The largest absolute Gasteiger partial charge is 0.379 e. The van der Waals surface area contributed by atoms with E-state index >= 15 is 0 Å². The Labute approximate surface area is 174 Å². The molecule has 2 aliphatic heterocycles. The first-order valence-electron chi connectivity index (χ1n) is 10.7. The molecule has 162 valence electrons. The molecule has 0 radical (unpaired) electrons. The van der Waals surface area contributed by atoms with E-state index in [2.05, 4.69) is 10.2 Å². The Balaban J connectivity index is 1.30. The lowest BCUT2D eigenvalue weighted by molar-refractivity contribution is -0.121. The third-order valence-electron chi connectivity index (χ3n) is 5.81. The van der Waals surface area contributed by atoms with Crippen molar-refractivity contribution < 1.29 is 17.9 Å². The molecule has 7 nitrogen and oxygen atoms in total. The smallest absolute Gasteiger partial charge is 0.243 e. The quantitative estimate of drug-likeness (QED) is 0.612. The van der Waals surface area contributed by atoms with E-state index in [-0.39, 0.29) is 5.91 Å². The molecule has 0 aromatic heterocycles. The lowest BCUT2D eigenvalue weighted by atomic mass is 9.93. The Bertz CT molecular complexity index is 728. The normalized spacial score (nSPS) is 19.9. The van der Waals surface area contributed by atoms with E-state index in [0.717, 1.165) is 58.5 Å². The van der Waals surface area contributed by atoms with Crippen molar-refractivity contribution in [2.24, 2.45) is 5.92 Å². The Morgan fingerprint density at radius 1 is 1.07 bits per heavy atom. The molecule has 0 unspecified atom stereocenters. The third kappa shape index (κ3) is 6.77. The number of rotatable bonds is 9. The van der Waals surface area contributed by atoms with Crippen LogP contribution in [0.3, 0.4) is 0 Å². The molecule has 3 rings (SSSR count). The van der Waals surface area contributed by atoms with Crippen LogP contribution >= 0.6 is 0 Å². The van der Waals surface area contributed by atoms with Crippen LogP contribution in [-0.4, -0.2) is 76.0 Å². The van der Waals surface area contributed by atoms with Crippen LogP contribution in [0, 0.1) is 5.92 Å². The molecule has 29 heavy (non-hydrogen) atoms. The number of carbonyl (C=O) groups excluding carboxylic acids is 1. The molecule has 1 aromatic carbocycles. The molecule has 0 spiro atoms. The summed E-state index contributed by atoms with van der Waals surface area (Å²) in [6.45, 7) is 6.34.